The highest BCUT2D eigenvalue weighted by molar-refractivity contribution is 7.86. The van der Waals surface area contributed by atoms with E-state index < -0.39 is 10.2 Å². The van der Waals surface area contributed by atoms with Crippen LogP contribution < -0.4 is 4.74 Å². The second-order valence-electron chi connectivity index (χ2n) is 4.97. The molecular formula is C12H20N4O3S. The largest absolute Gasteiger partial charge is 0.473 e. The van der Waals surface area contributed by atoms with Gasteiger partial charge < -0.3 is 4.74 Å². The van der Waals surface area contributed by atoms with Crippen molar-refractivity contribution in [3.8, 4) is 5.88 Å². The monoisotopic (exact) mass is 300 g/mol. The van der Waals surface area contributed by atoms with Crippen molar-refractivity contribution in [2.75, 3.05) is 27.2 Å². The molecule has 7 nitrogen and oxygen atoms in total. The van der Waals surface area contributed by atoms with E-state index in [1.165, 1.54) is 22.7 Å². The van der Waals surface area contributed by atoms with Gasteiger partial charge in [-0.3, -0.25) is 0 Å². The molecule has 8 heteroatoms. The Bertz CT molecular complexity index is 562. The van der Waals surface area contributed by atoms with Gasteiger partial charge in [0.2, 0.25) is 5.88 Å². The molecule has 0 aliphatic carbocycles. The molecule has 1 aliphatic rings. The maximum atomic E-state index is 12.1. The minimum atomic E-state index is -3.38. The van der Waals surface area contributed by atoms with E-state index in [4.69, 9.17) is 4.74 Å². The summed E-state index contributed by atoms with van der Waals surface area (Å²) in [5.41, 5.74) is 0. The van der Waals surface area contributed by atoms with E-state index >= 15 is 0 Å². The molecule has 0 saturated carbocycles. The molecule has 0 bridgehead atoms. The number of aryl methyl sites for hydroxylation is 1. The van der Waals surface area contributed by atoms with Gasteiger partial charge in [0, 0.05) is 32.9 Å². The van der Waals surface area contributed by atoms with E-state index in [-0.39, 0.29) is 6.10 Å². The first-order valence-corrected chi connectivity index (χ1v) is 7.93. The summed E-state index contributed by atoms with van der Waals surface area (Å²) in [7, 11) is -0.309. The van der Waals surface area contributed by atoms with E-state index in [0.29, 0.717) is 24.8 Å². The summed E-state index contributed by atoms with van der Waals surface area (Å²) in [5, 5.41) is 0. The number of hydrogen-bond donors (Lipinski definition) is 0. The van der Waals surface area contributed by atoms with Crippen LogP contribution in [0.15, 0.2) is 12.3 Å². The van der Waals surface area contributed by atoms with E-state index in [9.17, 15) is 8.42 Å². The Morgan fingerprint density at radius 3 is 2.85 bits per heavy atom. The molecule has 0 amide bonds. The molecule has 112 valence electrons. The highest BCUT2D eigenvalue weighted by Gasteiger charge is 2.31. The van der Waals surface area contributed by atoms with Crippen LogP contribution in [-0.2, 0) is 10.2 Å². The first kappa shape index (κ1) is 15.1. The van der Waals surface area contributed by atoms with Gasteiger partial charge in [0.1, 0.15) is 11.9 Å². The van der Waals surface area contributed by atoms with Crippen molar-refractivity contribution >= 4 is 10.2 Å². The van der Waals surface area contributed by atoms with Crippen LogP contribution in [0.1, 0.15) is 18.7 Å². The minimum Gasteiger partial charge on any atom is -0.473 e. The summed E-state index contributed by atoms with van der Waals surface area (Å²) in [6.45, 7) is 2.67. The molecule has 2 rings (SSSR count). The predicted octanol–water partition coefficient (Wildman–Crippen LogP) is 0.435. The molecule has 1 aromatic heterocycles. The van der Waals surface area contributed by atoms with Crippen LogP contribution in [0.3, 0.4) is 0 Å². The average Bonchev–Trinajstić information content (AvgIpc) is 2.39. The lowest BCUT2D eigenvalue weighted by atomic mass is 10.1. The summed E-state index contributed by atoms with van der Waals surface area (Å²) >= 11 is 0. The Morgan fingerprint density at radius 1 is 1.45 bits per heavy atom. The lowest BCUT2D eigenvalue weighted by Crippen LogP contribution is -2.48. The average molecular weight is 300 g/mol. The number of rotatable bonds is 4. The molecule has 0 aromatic carbocycles. The molecule has 2 heterocycles. The lowest BCUT2D eigenvalue weighted by Gasteiger charge is -2.33. The quantitative estimate of drug-likeness (QED) is 0.806. The number of nitrogens with zero attached hydrogens (tertiary/aromatic N) is 4. The minimum absolute atomic E-state index is 0.173. The smallest absolute Gasteiger partial charge is 0.281 e. The van der Waals surface area contributed by atoms with Crippen LogP contribution in [0, 0.1) is 6.92 Å². The van der Waals surface area contributed by atoms with Crippen LogP contribution in [-0.4, -0.2) is 60.3 Å². The molecule has 0 N–H and O–H groups in total. The summed E-state index contributed by atoms with van der Waals surface area (Å²) in [6.07, 6.45) is 3.06. The van der Waals surface area contributed by atoms with E-state index in [1.54, 1.807) is 19.2 Å². The number of hydrogen-bond acceptors (Lipinski definition) is 5. The highest BCUT2D eigenvalue weighted by Crippen LogP contribution is 2.19. The Hall–Kier alpha value is -1.25. The zero-order chi connectivity index (χ0) is 14.8. The molecule has 1 atom stereocenters. The normalized spacial score (nSPS) is 21.1. The summed E-state index contributed by atoms with van der Waals surface area (Å²) in [5.74, 6) is 1.13. The third kappa shape index (κ3) is 3.44. The number of ether oxygens (including phenoxy) is 1. The molecular weight excluding hydrogens is 280 g/mol. The summed E-state index contributed by atoms with van der Waals surface area (Å²) < 4.78 is 32.7. The SMILES string of the molecule is Cc1nccc(OC2CCCN(S(=O)(=O)N(C)C)C2)n1. The van der Waals surface area contributed by atoms with Crippen LogP contribution in [0.5, 0.6) is 5.88 Å². The van der Waals surface area contributed by atoms with Gasteiger partial charge in [-0.15, -0.1) is 0 Å². The van der Waals surface area contributed by atoms with Gasteiger partial charge in [0.15, 0.2) is 0 Å². The Balaban J connectivity index is 2.04. The van der Waals surface area contributed by atoms with Crippen LogP contribution in [0.2, 0.25) is 0 Å². The fourth-order valence-corrected chi connectivity index (χ4v) is 3.29. The second-order valence-corrected chi connectivity index (χ2v) is 7.11. The zero-order valence-electron chi connectivity index (χ0n) is 12.0. The van der Waals surface area contributed by atoms with E-state index in [0.717, 1.165) is 12.8 Å². The van der Waals surface area contributed by atoms with Gasteiger partial charge >= 0.3 is 0 Å². The first-order valence-electron chi connectivity index (χ1n) is 6.53. The molecule has 1 saturated heterocycles. The van der Waals surface area contributed by atoms with Crippen LogP contribution in [0.25, 0.3) is 0 Å². The van der Waals surface area contributed by atoms with Crippen LogP contribution in [0.4, 0.5) is 0 Å². The third-order valence-electron chi connectivity index (χ3n) is 3.17. The second kappa shape index (κ2) is 6.02. The molecule has 0 spiro atoms. The van der Waals surface area contributed by atoms with E-state index in [1.807, 2.05) is 0 Å². The van der Waals surface area contributed by atoms with Crippen LogP contribution >= 0.6 is 0 Å². The van der Waals surface area contributed by atoms with E-state index in [2.05, 4.69) is 9.97 Å². The zero-order valence-corrected chi connectivity index (χ0v) is 12.8. The van der Waals surface area contributed by atoms with Crippen molar-refractivity contribution in [3.05, 3.63) is 18.1 Å². The van der Waals surface area contributed by atoms with Gasteiger partial charge in [0.25, 0.3) is 10.2 Å². The van der Waals surface area contributed by atoms with Gasteiger partial charge in [0.05, 0.1) is 6.54 Å². The lowest BCUT2D eigenvalue weighted by molar-refractivity contribution is 0.122. The molecule has 0 radical (unpaired) electrons. The molecule has 1 aliphatic heterocycles. The maximum absolute atomic E-state index is 12.1. The first-order chi connectivity index (χ1) is 9.39. The van der Waals surface area contributed by atoms with Gasteiger partial charge in [-0.2, -0.15) is 22.0 Å². The molecule has 1 unspecified atom stereocenters. The van der Waals surface area contributed by atoms with Crippen molar-refractivity contribution in [1.82, 2.24) is 18.6 Å². The van der Waals surface area contributed by atoms with Crippen molar-refractivity contribution in [2.24, 2.45) is 0 Å². The fraction of sp³-hybridized carbons (Fsp3) is 0.667. The van der Waals surface area contributed by atoms with Gasteiger partial charge in [-0.05, 0) is 19.8 Å². The summed E-state index contributed by atoms with van der Waals surface area (Å²) in [6, 6.07) is 1.69. The molecule has 1 aromatic rings. The number of piperidine rings is 1. The Kier molecular flexibility index (Phi) is 4.56. The fourth-order valence-electron chi connectivity index (χ4n) is 2.11. The van der Waals surface area contributed by atoms with Crippen molar-refractivity contribution < 1.29 is 13.2 Å². The Morgan fingerprint density at radius 2 is 2.20 bits per heavy atom. The summed E-state index contributed by atoms with van der Waals surface area (Å²) in [4.78, 5) is 8.18. The van der Waals surface area contributed by atoms with Gasteiger partial charge in [-0.1, -0.05) is 0 Å². The third-order valence-corrected chi connectivity index (χ3v) is 5.07. The van der Waals surface area contributed by atoms with Gasteiger partial charge in [-0.25, -0.2) is 4.98 Å². The topological polar surface area (TPSA) is 75.6 Å². The van der Waals surface area contributed by atoms with Crippen molar-refractivity contribution in [1.29, 1.82) is 0 Å². The standard InChI is InChI=1S/C12H20N4O3S/c1-10-13-7-6-12(14-10)19-11-5-4-8-16(9-11)20(17,18)15(2)3/h6-7,11H,4-5,8-9H2,1-3H3. The van der Waals surface area contributed by atoms with Crippen molar-refractivity contribution in [3.63, 3.8) is 0 Å². The molecule has 1 fully saturated rings. The predicted molar refractivity (Wildman–Crippen MR) is 74.6 cm³/mol. The van der Waals surface area contributed by atoms with Crippen molar-refractivity contribution in [2.45, 2.75) is 25.9 Å². The number of aromatic nitrogens is 2. The molecule has 20 heavy (non-hydrogen) atoms. The maximum Gasteiger partial charge on any atom is 0.281 e. The Labute approximate surface area is 119 Å². The highest BCUT2D eigenvalue weighted by atomic mass is 32.2.